The molecule has 1 aromatic carbocycles. The second-order valence-electron chi connectivity index (χ2n) is 5.31. The monoisotopic (exact) mass is 321 g/mol. The van der Waals surface area contributed by atoms with Crippen molar-refractivity contribution in [2.45, 2.75) is 25.3 Å². The fraction of sp³-hybridized carbons (Fsp3) is 0.400. The summed E-state index contributed by atoms with van der Waals surface area (Å²) in [5.74, 6) is 0.0312. The highest BCUT2D eigenvalue weighted by Crippen LogP contribution is 2.37. The Labute approximate surface area is 132 Å². The van der Waals surface area contributed by atoms with Gasteiger partial charge in [-0.25, -0.2) is 4.68 Å². The molecule has 2 heterocycles. The summed E-state index contributed by atoms with van der Waals surface area (Å²) in [6.45, 7) is 1.62. The van der Waals surface area contributed by atoms with Gasteiger partial charge in [0.2, 0.25) is 5.15 Å². The lowest BCUT2D eigenvalue weighted by Crippen LogP contribution is -2.15. The molecule has 0 spiro atoms. The molecule has 3 rings (SSSR count). The molecule has 0 atom stereocenters. The van der Waals surface area contributed by atoms with Gasteiger partial charge in [-0.2, -0.15) is 5.10 Å². The Morgan fingerprint density at radius 1 is 1.32 bits per heavy atom. The molecule has 0 radical (unpaired) electrons. The lowest BCUT2D eigenvalue weighted by molar-refractivity contribution is -0.385. The molecule has 1 fully saturated rings. The Kier molecular flexibility index (Phi) is 4.40. The predicted octanol–water partition coefficient (Wildman–Crippen LogP) is 3.39. The number of halogens is 1. The number of rotatable bonds is 4. The zero-order valence-corrected chi connectivity index (χ0v) is 12.7. The minimum Gasteiger partial charge on any atom is -0.381 e. The number of nitrogens with zero attached hydrogens (tertiary/aromatic N) is 3. The lowest BCUT2D eigenvalue weighted by Gasteiger charge is -2.19. The smallest absolute Gasteiger partial charge is 0.329 e. The summed E-state index contributed by atoms with van der Waals surface area (Å²) in [5, 5.41) is 15.9. The maximum Gasteiger partial charge on any atom is 0.329 e. The summed E-state index contributed by atoms with van der Waals surface area (Å²) in [7, 11) is 0. The summed E-state index contributed by atoms with van der Waals surface area (Å²) in [4.78, 5) is 11.0. The molecular weight excluding hydrogens is 306 g/mol. The summed E-state index contributed by atoms with van der Waals surface area (Å²) in [6.07, 6.45) is 1.47. The van der Waals surface area contributed by atoms with E-state index in [1.165, 1.54) is 4.68 Å². The molecule has 2 aromatic rings. The molecule has 6 nitrogen and oxygen atoms in total. The number of aromatic nitrogens is 2. The first-order valence-electron chi connectivity index (χ1n) is 7.19. The molecule has 0 unspecified atom stereocenters. The Morgan fingerprint density at radius 2 is 2.00 bits per heavy atom. The molecule has 0 bridgehead atoms. The Morgan fingerprint density at radius 3 is 2.64 bits per heavy atom. The van der Waals surface area contributed by atoms with Crippen LogP contribution in [0.4, 0.5) is 5.69 Å². The molecular formula is C15H16ClN3O3. The molecule has 116 valence electrons. The fourth-order valence-electron chi connectivity index (χ4n) is 2.73. The van der Waals surface area contributed by atoms with Gasteiger partial charge in [-0.05, 0) is 18.4 Å². The minimum atomic E-state index is -0.429. The normalized spacial score (nSPS) is 15.9. The maximum atomic E-state index is 11.4. The maximum absolute atomic E-state index is 11.4. The molecule has 7 heteroatoms. The number of ether oxygens (including phenoxy) is 1. The SMILES string of the molecule is O=[N+]([O-])c1c(C2CCOCC2)nn(Cc2ccccc2)c1Cl. The van der Waals surface area contributed by atoms with Crippen LogP contribution >= 0.6 is 11.6 Å². The van der Waals surface area contributed by atoms with E-state index in [2.05, 4.69) is 5.10 Å². The number of hydrogen-bond donors (Lipinski definition) is 0. The van der Waals surface area contributed by atoms with Gasteiger partial charge in [0.25, 0.3) is 0 Å². The second kappa shape index (κ2) is 6.46. The quantitative estimate of drug-likeness (QED) is 0.639. The van der Waals surface area contributed by atoms with Crippen molar-refractivity contribution in [3.05, 3.63) is 56.9 Å². The van der Waals surface area contributed by atoms with Crippen LogP contribution in [0, 0.1) is 10.1 Å². The molecule has 1 aromatic heterocycles. The van der Waals surface area contributed by atoms with Crippen LogP contribution < -0.4 is 0 Å². The van der Waals surface area contributed by atoms with Crippen molar-refractivity contribution in [1.82, 2.24) is 9.78 Å². The van der Waals surface area contributed by atoms with Crippen molar-refractivity contribution < 1.29 is 9.66 Å². The van der Waals surface area contributed by atoms with Gasteiger partial charge in [0.15, 0.2) is 0 Å². The molecule has 1 aliphatic rings. The Balaban J connectivity index is 1.95. The molecule has 0 N–H and O–H groups in total. The van der Waals surface area contributed by atoms with Gasteiger partial charge in [-0.1, -0.05) is 41.9 Å². The van der Waals surface area contributed by atoms with Crippen molar-refractivity contribution >= 4 is 17.3 Å². The van der Waals surface area contributed by atoms with Gasteiger partial charge in [0.1, 0.15) is 5.69 Å². The van der Waals surface area contributed by atoms with Gasteiger partial charge in [-0.3, -0.25) is 10.1 Å². The van der Waals surface area contributed by atoms with E-state index in [4.69, 9.17) is 16.3 Å². The topological polar surface area (TPSA) is 70.2 Å². The molecule has 0 saturated carbocycles. The first kappa shape index (κ1) is 15.0. The van der Waals surface area contributed by atoms with Gasteiger partial charge < -0.3 is 4.74 Å². The van der Waals surface area contributed by atoms with E-state index in [1.54, 1.807) is 0 Å². The van der Waals surface area contributed by atoms with Crippen LogP contribution in [0.25, 0.3) is 0 Å². The van der Waals surface area contributed by atoms with Gasteiger partial charge in [0.05, 0.1) is 11.5 Å². The first-order valence-corrected chi connectivity index (χ1v) is 7.57. The highest BCUT2D eigenvalue weighted by molar-refractivity contribution is 6.31. The van der Waals surface area contributed by atoms with Crippen LogP contribution in [0.5, 0.6) is 0 Å². The fourth-order valence-corrected chi connectivity index (χ4v) is 2.99. The van der Waals surface area contributed by atoms with Crippen molar-refractivity contribution in [2.24, 2.45) is 0 Å². The van der Waals surface area contributed by atoms with E-state index in [-0.39, 0.29) is 16.8 Å². The van der Waals surface area contributed by atoms with E-state index in [9.17, 15) is 10.1 Å². The summed E-state index contributed by atoms with van der Waals surface area (Å²) < 4.78 is 6.83. The lowest BCUT2D eigenvalue weighted by atomic mass is 9.96. The summed E-state index contributed by atoms with van der Waals surface area (Å²) in [5.41, 5.74) is 1.42. The van der Waals surface area contributed by atoms with Crippen molar-refractivity contribution in [3.8, 4) is 0 Å². The van der Waals surface area contributed by atoms with Gasteiger partial charge >= 0.3 is 5.69 Å². The number of hydrogen-bond acceptors (Lipinski definition) is 4. The van der Waals surface area contributed by atoms with Crippen LogP contribution in [0.3, 0.4) is 0 Å². The van der Waals surface area contributed by atoms with Crippen LogP contribution in [0.15, 0.2) is 30.3 Å². The van der Waals surface area contributed by atoms with Crippen LogP contribution in [0.1, 0.15) is 30.0 Å². The second-order valence-corrected chi connectivity index (χ2v) is 5.67. The minimum absolute atomic E-state index is 0.0312. The standard InChI is InChI=1S/C15H16ClN3O3/c16-15-14(19(20)21)13(12-6-8-22-9-7-12)17-18(15)10-11-4-2-1-3-5-11/h1-5,12H,6-10H2. The molecule has 0 amide bonds. The molecule has 22 heavy (non-hydrogen) atoms. The highest BCUT2D eigenvalue weighted by Gasteiger charge is 2.32. The van der Waals surface area contributed by atoms with Crippen molar-refractivity contribution in [2.75, 3.05) is 13.2 Å². The Hall–Kier alpha value is -1.92. The third-order valence-corrected chi connectivity index (χ3v) is 4.23. The summed E-state index contributed by atoms with van der Waals surface area (Å²) >= 11 is 6.22. The molecule has 1 saturated heterocycles. The number of benzene rings is 1. The summed E-state index contributed by atoms with van der Waals surface area (Å²) in [6, 6.07) is 9.64. The van der Waals surface area contributed by atoms with Crippen LogP contribution in [-0.2, 0) is 11.3 Å². The average Bonchev–Trinajstić information content (AvgIpc) is 2.86. The van der Waals surface area contributed by atoms with E-state index >= 15 is 0 Å². The van der Waals surface area contributed by atoms with Crippen LogP contribution in [-0.4, -0.2) is 27.9 Å². The first-order chi connectivity index (χ1) is 10.7. The number of nitro groups is 1. The van der Waals surface area contributed by atoms with E-state index in [0.29, 0.717) is 25.5 Å². The van der Waals surface area contributed by atoms with Gasteiger partial charge in [0, 0.05) is 19.1 Å². The molecule has 1 aliphatic heterocycles. The largest absolute Gasteiger partial charge is 0.381 e. The zero-order valence-electron chi connectivity index (χ0n) is 11.9. The third kappa shape index (κ3) is 2.98. The zero-order chi connectivity index (χ0) is 15.5. The Bertz CT molecular complexity index is 666. The molecule has 0 aliphatic carbocycles. The van der Waals surface area contributed by atoms with Crippen molar-refractivity contribution in [1.29, 1.82) is 0 Å². The highest BCUT2D eigenvalue weighted by atomic mass is 35.5. The average molecular weight is 322 g/mol. The van der Waals surface area contributed by atoms with E-state index in [0.717, 1.165) is 18.4 Å². The third-order valence-electron chi connectivity index (χ3n) is 3.86. The van der Waals surface area contributed by atoms with Gasteiger partial charge in [-0.15, -0.1) is 0 Å². The predicted molar refractivity (Wildman–Crippen MR) is 82.2 cm³/mol. The van der Waals surface area contributed by atoms with E-state index < -0.39 is 4.92 Å². The van der Waals surface area contributed by atoms with Crippen LogP contribution in [0.2, 0.25) is 5.15 Å². The van der Waals surface area contributed by atoms with Crippen molar-refractivity contribution in [3.63, 3.8) is 0 Å². The van der Waals surface area contributed by atoms with E-state index in [1.807, 2.05) is 30.3 Å².